The molecule has 0 aromatic heterocycles. The van der Waals surface area contributed by atoms with E-state index in [0.717, 1.165) is 0 Å². The van der Waals surface area contributed by atoms with Crippen LogP contribution in [0.4, 0.5) is 4.39 Å². The van der Waals surface area contributed by atoms with E-state index in [1.807, 2.05) is 0 Å². The predicted molar refractivity (Wildman–Crippen MR) is 128 cm³/mol. The van der Waals surface area contributed by atoms with E-state index in [1.165, 1.54) is 18.1 Å². The number of phenols is 1. The summed E-state index contributed by atoms with van der Waals surface area (Å²) in [7, 11) is 4.52. The van der Waals surface area contributed by atoms with E-state index in [1.54, 1.807) is 14.1 Å². The number of carbonyl (C=O) groups is 3. The van der Waals surface area contributed by atoms with Crippen LogP contribution in [0.5, 0.6) is 11.5 Å². The molecular formula is C25H30FN3O8. The first-order valence-electron chi connectivity index (χ1n) is 11.7. The van der Waals surface area contributed by atoms with E-state index in [4.69, 9.17) is 10.5 Å². The van der Waals surface area contributed by atoms with Crippen molar-refractivity contribution in [2.75, 3.05) is 34.4 Å². The van der Waals surface area contributed by atoms with E-state index in [9.17, 15) is 39.2 Å². The average molecular weight is 520 g/mol. The highest BCUT2D eigenvalue weighted by atomic mass is 19.1. The number of carbonyl (C=O) groups excluding carboxylic acids is 3. The van der Waals surface area contributed by atoms with E-state index in [-0.39, 0.29) is 37.1 Å². The third kappa shape index (κ3) is 3.78. The fourth-order valence-corrected chi connectivity index (χ4v) is 6.04. The smallest absolute Gasteiger partial charge is 0.255 e. The second kappa shape index (κ2) is 9.43. The van der Waals surface area contributed by atoms with Gasteiger partial charge in [0.15, 0.2) is 11.4 Å². The second-order valence-electron chi connectivity index (χ2n) is 9.77. The summed E-state index contributed by atoms with van der Waals surface area (Å²) in [4.78, 5) is 40.5. The molecule has 0 fully saturated rings. The summed E-state index contributed by atoms with van der Waals surface area (Å²) in [6.45, 7) is -0.356. The molecule has 37 heavy (non-hydrogen) atoms. The Kier molecular flexibility index (Phi) is 6.78. The van der Waals surface area contributed by atoms with Gasteiger partial charge in [0, 0.05) is 35.7 Å². The number of likely N-dealkylation sites (N-methyl/N-ethyl adjacent to an activating group) is 1. The molecule has 4 atom stereocenters. The Bertz CT molecular complexity index is 1260. The molecule has 11 nitrogen and oxygen atoms in total. The molecule has 0 saturated heterocycles. The number of fused-ring (bicyclic) bond motifs is 3. The Morgan fingerprint density at radius 1 is 1.30 bits per heavy atom. The van der Waals surface area contributed by atoms with Gasteiger partial charge in [-0.3, -0.25) is 19.3 Å². The number of hydrogen-bond acceptors (Lipinski definition) is 10. The van der Waals surface area contributed by atoms with Gasteiger partial charge in [0.2, 0.25) is 5.78 Å². The number of aromatic hydroxyl groups is 1. The van der Waals surface area contributed by atoms with Crippen LogP contribution in [0, 0.1) is 11.8 Å². The number of phenolic OH excluding ortho intramolecular Hbond substituents is 1. The topological polar surface area (TPSA) is 183 Å². The maximum atomic E-state index is 13.7. The van der Waals surface area contributed by atoms with Crippen molar-refractivity contribution in [1.29, 1.82) is 0 Å². The first-order valence-corrected chi connectivity index (χ1v) is 11.7. The van der Waals surface area contributed by atoms with Gasteiger partial charge in [-0.25, -0.2) is 4.39 Å². The van der Waals surface area contributed by atoms with Crippen molar-refractivity contribution in [3.8, 4) is 11.5 Å². The van der Waals surface area contributed by atoms with E-state index >= 15 is 0 Å². The van der Waals surface area contributed by atoms with Crippen molar-refractivity contribution in [2.24, 2.45) is 17.6 Å². The number of allylic oxidation sites excluding steroid dienone is 1. The average Bonchev–Trinajstić information content (AvgIpc) is 2.81. The van der Waals surface area contributed by atoms with Crippen molar-refractivity contribution >= 4 is 17.5 Å². The highest BCUT2D eigenvalue weighted by Crippen LogP contribution is 2.53. The fraction of sp³-hybridized carbons (Fsp3) is 0.480. The summed E-state index contributed by atoms with van der Waals surface area (Å²) in [5, 5.41) is 47.3. The minimum atomic E-state index is -2.69. The SMILES string of the molecule is COc1c(CNCCF)cc(O)c2c1C[C@H]1C[C@H]3[C@H](N(C)C)C(O)=C(C(N)=O)C(=O)[C@@]3(O)C(O)=C1C2=O. The number of aliphatic hydroxyl groups is 3. The van der Waals surface area contributed by atoms with Crippen LogP contribution in [0.2, 0.25) is 0 Å². The fourth-order valence-electron chi connectivity index (χ4n) is 6.04. The lowest BCUT2D eigenvalue weighted by Gasteiger charge is -2.50. The normalized spacial score (nSPS) is 27.2. The monoisotopic (exact) mass is 519 g/mol. The van der Waals surface area contributed by atoms with Gasteiger partial charge in [0.1, 0.15) is 35.3 Å². The molecule has 3 aliphatic carbocycles. The van der Waals surface area contributed by atoms with Gasteiger partial charge in [-0.15, -0.1) is 0 Å². The zero-order valence-electron chi connectivity index (χ0n) is 20.7. The maximum absolute atomic E-state index is 13.7. The molecule has 12 heteroatoms. The van der Waals surface area contributed by atoms with Gasteiger partial charge < -0.3 is 36.2 Å². The van der Waals surface area contributed by atoms with Crippen molar-refractivity contribution in [3.63, 3.8) is 0 Å². The molecule has 0 saturated carbocycles. The van der Waals surface area contributed by atoms with Crippen LogP contribution in [-0.4, -0.2) is 88.9 Å². The largest absolute Gasteiger partial charge is 0.510 e. The molecule has 1 aromatic carbocycles. The number of rotatable bonds is 7. The van der Waals surface area contributed by atoms with Gasteiger partial charge in [-0.05, 0) is 38.9 Å². The number of ketones is 2. The Labute approximate surface area is 212 Å². The third-order valence-corrected chi connectivity index (χ3v) is 7.54. The Balaban J connectivity index is 1.90. The number of nitrogens with two attached hydrogens (primary N) is 1. The van der Waals surface area contributed by atoms with Gasteiger partial charge in [0.05, 0.1) is 18.7 Å². The molecule has 0 radical (unpaired) electrons. The Morgan fingerprint density at radius 3 is 2.54 bits per heavy atom. The maximum Gasteiger partial charge on any atom is 0.255 e. The number of hydrogen-bond donors (Lipinski definition) is 6. The molecule has 1 aromatic rings. The highest BCUT2D eigenvalue weighted by Gasteiger charge is 2.63. The van der Waals surface area contributed by atoms with Crippen LogP contribution in [0.3, 0.4) is 0 Å². The van der Waals surface area contributed by atoms with Gasteiger partial charge >= 0.3 is 0 Å². The quantitative estimate of drug-likeness (QED) is 0.215. The number of halogens is 1. The van der Waals surface area contributed by atoms with E-state index < -0.39 is 70.5 Å². The number of aliphatic hydroxyl groups excluding tert-OH is 2. The van der Waals surface area contributed by atoms with Gasteiger partial charge in [-0.1, -0.05) is 0 Å². The molecule has 0 bridgehead atoms. The molecule has 0 spiro atoms. The second-order valence-corrected chi connectivity index (χ2v) is 9.77. The number of ether oxygens (including phenoxy) is 1. The summed E-state index contributed by atoms with van der Waals surface area (Å²) in [6.07, 6.45) is 0.0717. The predicted octanol–water partition coefficient (Wildman–Crippen LogP) is 0.188. The number of nitrogens with one attached hydrogen (secondary N) is 1. The molecule has 0 heterocycles. The minimum Gasteiger partial charge on any atom is -0.510 e. The van der Waals surface area contributed by atoms with E-state index in [0.29, 0.717) is 16.9 Å². The lowest BCUT2D eigenvalue weighted by atomic mass is 9.58. The van der Waals surface area contributed by atoms with Crippen LogP contribution < -0.4 is 15.8 Å². The van der Waals surface area contributed by atoms with Crippen molar-refractivity contribution in [3.05, 3.63) is 45.4 Å². The van der Waals surface area contributed by atoms with Crippen LogP contribution in [0.1, 0.15) is 27.9 Å². The Morgan fingerprint density at radius 2 is 1.97 bits per heavy atom. The molecular weight excluding hydrogens is 489 g/mol. The number of amides is 1. The number of primary amides is 1. The summed E-state index contributed by atoms with van der Waals surface area (Å²) >= 11 is 0. The first kappa shape index (κ1) is 26.6. The third-order valence-electron chi connectivity index (χ3n) is 7.54. The molecule has 0 aliphatic heterocycles. The van der Waals surface area contributed by atoms with Crippen LogP contribution in [0.25, 0.3) is 0 Å². The highest BCUT2D eigenvalue weighted by molar-refractivity contribution is 6.24. The standard InChI is InChI=1S/C25H30FN3O8/c1-29(2)18-13-7-10-6-12-16(14(30)8-11(21(12)37-3)9-28-5-4-26)19(31)15(10)22(33)25(13,36)23(34)17(20(18)32)24(27)35/h8,10,13,18,28,30,32-33,36H,4-7,9H2,1-3H3,(H2,27,35)/t10-,13-,18-,25-/m0/s1. The van der Waals surface area contributed by atoms with Crippen LogP contribution in [0.15, 0.2) is 28.7 Å². The van der Waals surface area contributed by atoms with Crippen molar-refractivity contribution < 1.29 is 43.9 Å². The summed E-state index contributed by atoms with van der Waals surface area (Å²) in [6, 6.07) is 0.232. The lowest BCUT2D eigenvalue weighted by Crippen LogP contribution is -2.63. The van der Waals surface area contributed by atoms with Gasteiger partial charge in [-0.2, -0.15) is 0 Å². The molecule has 3 aliphatic rings. The molecule has 200 valence electrons. The van der Waals surface area contributed by atoms with Gasteiger partial charge in [0.25, 0.3) is 5.91 Å². The summed E-state index contributed by atoms with van der Waals surface area (Å²) in [5.41, 5.74) is 2.24. The number of benzene rings is 1. The molecule has 7 N–H and O–H groups in total. The number of methoxy groups -OCH3 is 1. The first-order chi connectivity index (χ1) is 17.4. The lowest BCUT2D eigenvalue weighted by molar-refractivity contribution is -0.148. The number of Topliss-reactive ketones (excluding diaryl/α,β-unsaturated/α-hetero) is 2. The minimum absolute atomic E-state index is 0.0278. The number of nitrogens with zero attached hydrogens (tertiary/aromatic N) is 1. The van der Waals surface area contributed by atoms with Crippen LogP contribution in [-0.2, 0) is 22.6 Å². The molecule has 4 rings (SSSR count). The molecule has 0 unspecified atom stereocenters. The number of alkyl halides is 1. The Hall–Kier alpha value is -3.48. The zero-order valence-corrected chi connectivity index (χ0v) is 20.7. The summed E-state index contributed by atoms with van der Waals surface area (Å²) < 4.78 is 18.1. The summed E-state index contributed by atoms with van der Waals surface area (Å²) in [5.74, 6) is -6.86. The van der Waals surface area contributed by atoms with Crippen molar-refractivity contribution in [2.45, 2.75) is 31.0 Å². The van der Waals surface area contributed by atoms with E-state index in [2.05, 4.69) is 5.32 Å². The zero-order chi connectivity index (χ0) is 27.4. The molecule has 1 amide bonds. The van der Waals surface area contributed by atoms with Crippen LogP contribution >= 0.6 is 0 Å². The van der Waals surface area contributed by atoms with Crippen molar-refractivity contribution in [1.82, 2.24) is 10.2 Å².